The normalized spacial score (nSPS) is 10.9. The van der Waals surface area contributed by atoms with Gasteiger partial charge in [-0.05, 0) is 147 Å². The SMILES string of the molecule is C=CC(=O)OCCCCCCOc1ccc(C(=O)Oc2ccc3c(/C=N/Nc4nc5ccccc5s4)c(OC(=O)c4ccc(OCCCCCCOC(=O)C=C)cc4)ccc3c2)cc1. The molecule has 0 radical (unpaired) electrons. The van der Waals surface area contributed by atoms with Crippen LogP contribution in [0, 0.1) is 0 Å². The number of nitrogens with zero attached hydrogens (tertiary/aromatic N) is 2. The summed E-state index contributed by atoms with van der Waals surface area (Å²) in [6.45, 7) is 8.54. The van der Waals surface area contributed by atoms with Crippen LogP contribution in [0.5, 0.6) is 23.0 Å². The predicted molar refractivity (Wildman–Crippen MR) is 248 cm³/mol. The zero-order chi connectivity index (χ0) is 44.9. The van der Waals surface area contributed by atoms with Crippen LogP contribution < -0.4 is 24.4 Å². The monoisotopic (exact) mass is 883 g/mol. The van der Waals surface area contributed by atoms with E-state index in [1.807, 2.05) is 24.3 Å². The van der Waals surface area contributed by atoms with E-state index in [0.717, 1.165) is 73.7 Å². The van der Waals surface area contributed by atoms with Gasteiger partial charge >= 0.3 is 23.9 Å². The Labute approximate surface area is 375 Å². The number of hydrazone groups is 1. The highest BCUT2D eigenvalue weighted by Gasteiger charge is 2.16. The molecule has 0 aliphatic heterocycles. The summed E-state index contributed by atoms with van der Waals surface area (Å²) in [6, 6.07) is 29.9. The van der Waals surface area contributed by atoms with E-state index in [0.29, 0.717) is 76.3 Å². The quantitative estimate of drug-likeness (QED) is 0.0145. The minimum Gasteiger partial charge on any atom is -0.494 e. The molecule has 0 saturated carbocycles. The lowest BCUT2D eigenvalue weighted by molar-refractivity contribution is -0.138. The number of thiazole rings is 1. The summed E-state index contributed by atoms with van der Waals surface area (Å²) in [7, 11) is 0. The lowest BCUT2D eigenvalue weighted by atomic mass is 10.0. The van der Waals surface area contributed by atoms with Crippen molar-refractivity contribution in [3.8, 4) is 23.0 Å². The molecule has 0 bridgehead atoms. The fourth-order valence-corrected chi connectivity index (χ4v) is 7.14. The third kappa shape index (κ3) is 14.1. The smallest absolute Gasteiger partial charge is 0.343 e. The second kappa shape index (κ2) is 24.4. The Balaban J connectivity index is 1.07. The highest BCUT2D eigenvalue weighted by Crippen LogP contribution is 2.32. The molecule has 5 aromatic carbocycles. The molecule has 6 rings (SSSR count). The van der Waals surface area contributed by atoms with E-state index in [-0.39, 0.29) is 5.75 Å². The van der Waals surface area contributed by atoms with Crippen LogP contribution in [0.1, 0.15) is 77.6 Å². The highest BCUT2D eigenvalue weighted by atomic mass is 32.1. The molecule has 13 nitrogen and oxygen atoms in total. The number of ether oxygens (including phenoxy) is 6. The largest absolute Gasteiger partial charge is 0.494 e. The number of unbranched alkanes of at least 4 members (excludes halogenated alkanes) is 6. The van der Waals surface area contributed by atoms with Gasteiger partial charge in [0.25, 0.3) is 0 Å². The van der Waals surface area contributed by atoms with Gasteiger partial charge in [0.1, 0.15) is 23.0 Å². The minimum atomic E-state index is -0.570. The second-order valence-electron chi connectivity index (χ2n) is 14.3. The van der Waals surface area contributed by atoms with Crippen LogP contribution in [-0.2, 0) is 19.1 Å². The third-order valence-electron chi connectivity index (χ3n) is 9.67. The van der Waals surface area contributed by atoms with Crippen molar-refractivity contribution >= 4 is 67.5 Å². The number of esters is 4. The van der Waals surface area contributed by atoms with Gasteiger partial charge in [0.05, 0.1) is 54.0 Å². The summed E-state index contributed by atoms with van der Waals surface area (Å²) in [5.41, 5.74) is 5.05. The highest BCUT2D eigenvalue weighted by molar-refractivity contribution is 7.22. The van der Waals surface area contributed by atoms with Crippen LogP contribution >= 0.6 is 11.3 Å². The number of para-hydroxylation sites is 1. The molecule has 0 unspecified atom stereocenters. The molecular formula is C50H49N3O10S. The van der Waals surface area contributed by atoms with Crippen LogP contribution in [0.25, 0.3) is 21.0 Å². The first-order valence-corrected chi connectivity index (χ1v) is 21.8. The lowest BCUT2D eigenvalue weighted by Gasteiger charge is -2.12. The molecular weight excluding hydrogens is 835 g/mol. The van der Waals surface area contributed by atoms with Gasteiger partial charge in [-0.1, -0.05) is 42.7 Å². The first-order chi connectivity index (χ1) is 31.3. The fourth-order valence-electron chi connectivity index (χ4n) is 6.33. The summed E-state index contributed by atoms with van der Waals surface area (Å²) in [4.78, 5) is 53.5. The van der Waals surface area contributed by atoms with E-state index in [1.54, 1.807) is 85.1 Å². The van der Waals surface area contributed by atoms with Gasteiger partial charge in [0.15, 0.2) is 0 Å². The Kier molecular flexibility index (Phi) is 17.6. The summed E-state index contributed by atoms with van der Waals surface area (Å²) in [5.74, 6) is -0.0752. The molecule has 0 spiro atoms. The maximum absolute atomic E-state index is 13.5. The Hall–Kier alpha value is -7.32. The summed E-state index contributed by atoms with van der Waals surface area (Å²) in [6.07, 6.45) is 10.8. The van der Waals surface area contributed by atoms with E-state index in [2.05, 4.69) is 28.7 Å². The van der Waals surface area contributed by atoms with Crippen LogP contribution in [0.2, 0.25) is 0 Å². The van der Waals surface area contributed by atoms with Gasteiger partial charge in [-0.3, -0.25) is 5.43 Å². The molecule has 0 amide bonds. The molecule has 330 valence electrons. The number of hydrogen-bond acceptors (Lipinski definition) is 14. The average molecular weight is 884 g/mol. The third-order valence-corrected chi connectivity index (χ3v) is 10.6. The Morgan fingerprint density at radius 3 is 1.73 bits per heavy atom. The van der Waals surface area contributed by atoms with Gasteiger partial charge in [-0.15, -0.1) is 0 Å². The number of rotatable bonds is 25. The van der Waals surface area contributed by atoms with Gasteiger partial charge in [-0.25, -0.2) is 24.2 Å². The number of fused-ring (bicyclic) bond motifs is 2. The molecule has 0 aliphatic carbocycles. The van der Waals surface area contributed by atoms with Crippen molar-refractivity contribution in [3.63, 3.8) is 0 Å². The van der Waals surface area contributed by atoms with Crippen molar-refractivity contribution in [1.29, 1.82) is 0 Å². The maximum Gasteiger partial charge on any atom is 0.343 e. The van der Waals surface area contributed by atoms with Gasteiger partial charge in [0, 0.05) is 17.7 Å². The lowest BCUT2D eigenvalue weighted by Crippen LogP contribution is -2.10. The van der Waals surface area contributed by atoms with Gasteiger partial charge in [-0.2, -0.15) is 5.10 Å². The Morgan fingerprint density at radius 2 is 1.16 bits per heavy atom. The average Bonchev–Trinajstić information content (AvgIpc) is 3.74. The summed E-state index contributed by atoms with van der Waals surface area (Å²) >= 11 is 1.46. The molecule has 0 aliphatic rings. The summed E-state index contributed by atoms with van der Waals surface area (Å²) < 4.78 is 34.4. The van der Waals surface area contributed by atoms with Crippen molar-refractivity contribution in [2.24, 2.45) is 5.10 Å². The number of aromatic nitrogens is 1. The van der Waals surface area contributed by atoms with Gasteiger partial charge in [0.2, 0.25) is 5.13 Å². The first kappa shape index (κ1) is 46.2. The molecule has 14 heteroatoms. The van der Waals surface area contributed by atoms with Crippen molar-refractivity contribution in [1.82, 2.24) is 4.98 Å². The van der Waals surface area contributed by atoms with E-state index in [4.69, 9.17) is 28.4 Å². The molecule has 1 N–H and O–H groups in total. The van der Waals surface area contributed by atoms with Gasteiger partial charge < -0.3 is 28.4 Å². The zero-order valence-corrected chi connectivity index (χ0v) is 36.1. The molecule has 6 aromatic rings. The molecule has 1 aromatic heterocycles. The van der Waals surface area contributed by atoms with Crippen molar-refractivity contribution in [2.45, 2.75) is 51.4 Å². The van der Waals surface area contributed by atoms with E-state index < -0.39 is 23.9 Å². The van der Waals surface area contributed by atoms with Crippen molar-refractivity contribution in [2.75, 3.05) is 31.9 Å². The van der Waals surface area contributed by atoms with Crippen molar-refractivity contribution < 1.29 is 47.6 Å². The van der Waals surface area contributed by atoms with Crippen LogP contribution in [0.15, 0.2) is 134 Å². The zero-order valence-electron chi connectivity index (χ0n) is 35.3. The van der Waals surface area contributed by atoms with Crippen LogP contribution in [0.3, 0.4) is 0 Å². The van der Waals surface area contributed by atoms with Crippen LogP contribution in [-0.4, -0.2) is 61.5 Å². The molecule has 0 fully saturated rings. The number of hydrogen-bond donors (Lipinski definition) is 1. The van der Waals surface area contributed by atoms with E-state index in [9.17, 15) is 19.2 Å². The maximum atomic E-state index is 13.5. The fraction of sp³-hybridized carbons (Fsp3) is 0.240. The molecule has 64 heavy (non-hydrogen) atoms. The topological polar surface area (TPSA) is 161 Å². The number of benzene rings is 5. The number of carbonyl (C=O) groups is 4. The first-order valence-electron chi connectivity index (χ1n) is 21.0. The van der Waals surface area contributed by atoms with Crippen LogP contribution in [0.4, 0.5) is 5.13 Å². The summed E-state index contributed by atoms with van der Waals surface area (Å²) in [5, 5.41) is 6.47. The van der Waals surface area contributed by atoms with E-state index >= 15 is 0 Å². The minimum absolute atomic E-state index is 0.269. The number of anilines is 1. The van der Waals surface area contributed by atoms with E-state index in [1.165, 1.54) is 11.3 Å². The Morgan fingerprint density at radius 1 is 0.609 bits per heavy atom. The standard InChI is InChI=1S/C50H49N3O10S/c1-3-46(54)60-31-13-7-5-11-29-58-38-22-17-35(18-23-38)48(56)62-40-26-27-41-37(33-40)21-28-44(42(41)34-51-53-50-52-43-15-9-10-16-45(43)64-50)63-49(57)36-19-24-39(25-20-36)59-30-12-6-8-14-32-61-47(55)4-2/h3-4,9-10,15-28,33-34H,1-2,5-8,11-14,29-32H2,(H,52,53)/b51-34+. The number of nitrogens with one attached hydrogen (secondary N) is 1. The molecule has 1 heterocycles. The second-order valence-corrected chi connectivity index (χ2v) is 15.3. The Bertz CT molecular complexity index is 2540. The number of carbonyl (C=O) groups excluding carboxylic acids is 4. The predicted octanol–water partition coefficient (Wildman–Crippen LogP) is 10.7. The molecule has 0 saturated heterocycles. The van der Waals surface area contributed by atoms with Crippen molar-refractivity contribution in [3.05, 3.63) is 145 Å². The molecule has 0 atom stereocenters.